The summed E-state index contributed by atoms with van der Waals surface area (Å²) in [7, 11) is 1.17. The summed E-state index contributed by atoms with van der Waals surface area (Å²) in [5.41, 5.74) is -0.581. The Balaban J connectivity index is 1.75. The highest BCUT2D eigenvalue weighted by atomic mass is 19.1. The summed E-state index contributed by atoms with van der Waals surface area (Å²) < 4.78 is 38.0. The Morgan fingerprint density at radius 1 is 1.07 bits per heavy atom. The minimum atomic E-state index is -0.894. The number of rotatable bonds is 3. The second-order valence-electron chi connectivity index (χ2n) is 8.28. The Bertz CT molecular complexity index is 722. The van der Waals surface area contributed by atoms with Gasteiger partial charge in [-0.05, 0) is 58.6 Å². The normalized spacial score (nSPS) is 24.7. The van der Waals surface area contributed by atoms with Crippen LogP contribution in [0.4, 0.5) is 13.6 Å². The molecular weight excluding hydrogens is 356 g/mol. The first-order valence-electron chi connectivity index (χ1n) is 9.19. The number of carbonyl (C=O) groups excluding carboxylic acids is 2. The van der Waals surface area contributed by atoms with Crippen molar-refractivity contribution in [2.75, 3.05) is 7.11 Å². The Morgan fingerprint density at radius 3 is 2.04 bits per heavy atom. The van der Waals surface area contributed by atoms with Gasteiger partial charge in [0.2, 0.25) is 0 Å². The van der Waals surface area contributed by atoms with E-state index in [9.17, 15) is 18.4 Å². The van der Waals surface area contributed by atoms with Crippen LogP contribution in [0.1, 0.15) is 56.8 Å². The lowest BCUT2D eigenvalue weighted by Crippen LogP contribution is -2.49. The molecule has 0 N–H and O–H groups in total. The van der Waals surface area contributed by atoms with Crippen molar-refractivity contribution in [2.45, 2.75) is 64.1 Å². The van der Waals surface area contributed by atoms with Gasteiger partial charge in [0.1, 0.15) is 5.60 Å². The van der Waals surface area contributed by atoms with Gasteiger partial charge in [0.25, 0.3) is 0 Å². The highest BCUT2D eigenvalue weighted by molar-refractivity contribution is 5.98. The molecule has 2 bridgehead atoms. The molecule has 0 saturated carbocycles. The number of halogens is 2. The first-order chi connectivity index (χ1) is 12.6. The molecular formula is C20H25F2NO4. The SMILES string of the molecule is COc1c(F)cc(C(=O)C2CC3CCC(C2)N3C(=O)OC(C)(C)C)cc1F. The molecule has 0 radical (unpaired) electrons. The number of fused-ring (bicyclic) bond motifs is 2. The van der Waals surface area contributed by atoms with E-state index in [1.165, 1.54) is 7.11 Å². The third kappa shape index (κ3) is 3.92. The summed E-state index contributed by atoms with van der Waals surface area (Å²) in [4.78, 5) is 27.0. The standard InChI is InChI=1S/C20H25F2NO4/c1-20(2,3)27-19(25)23-13-5-6-14(23)8-11(7-13)17(24)12-9-15(21)18(26-4)16(22)10-12/h9-11,13-14H,5-8H2,1-4H3. The fraction of sp³-hybridized carbons (Fsp3) is 0.600. The maximum Gasteiger partial charge on any atom is 0.410 e. The Hall–Kier alpha value is -2.18. The summed E-state index contributed by atoms with van der Waals surface area (Å²) in [6.45, 7) is 5.45. The van der Waals surface area contributed by atoms with Crippen molar-refractivity contribution < 1.29 is 27.8 Å². The molecule has 2 fully saturated rings. The number of carbonyl (C=O) groups is 2. The number of benzene rings is 1. The van der Waals surface area contributed by atoms with Crippen molar-refractivity contribution in [3.63, 3.8) is 0 Å². The van der Waals surface area contributed by atoms with E-state index in [2.05, 4.69) is 4.74 Å². The smallest absolute Gasteiger partial charge is 0.410 e. The van der Waals surface area contributed by atoms with Gasteiger partial charge >= 0.3 is 6.09 Å². The second kappa shape index (κ2) is 7.09. The molecule has 148 valence electrons. The van der Waals surface area contributed by atoms with Crippen molar-refractivity contribution in [3.8, 4) is 5.75 Å². The average molecular weight is 381 g/mol. The van der Waals surface area contributed by atoms with Crippen LogP contribution < -0.4 is 4.74 Å². The average Bonchev–Trinajstić information content (AvgIpc) is 2.82. The number of methoxy groups -OCH3 is 1. The minimum Gasteiger partial charge on any atom is -0.491 e. The van der Waals surface area contributed by atoms with Gasteiger partial charge in [0, 0.05) is 23.6 Å². The van der Waals surface area contributed by atoms with Crippen molar-refractivity contribution in [1.29, 1.82) is 0 Å². The number of ether oxygens (including phenoxy) is 2. The van der Waals surface area contributed by atoms with Crippen LogP contribution in [0, 0.1) is 17.6 Å². The Kier molecular flexibility index (Phi) is 5.14. The molecule has 2 unspecified atom stereocenters. The van der Waals surface area contributed by atoms with Crippen LogP contribution in [-0.2, 0) is 4.74 Å². The monoisotopic (exact) mass is 381 g/mol. The Labute approximate surface area is 157 Å². The summed E-state index contributed by atoms with van der Waals surface area (Å²) in [5, 5.41) is 0. The van der Waals surface area contributed by atoms with Gasteiger partial charge in [-0.2, -0.15) is 0 Å². The van der Waals surface area contributed by atoms with Crippen LogP contribution in [0.5, 0.6) is 5.75 Å². The second-order valence-corrected chi connectivity index (χ2v) is 8.28. The minimum absolute atomic E-state index is 0.000850. The van der Waals surface area contributed by atoms with Crippen molar-refractivity contribution in [1.82, 2.24) is 4.90 Å². The lowest BCUT2D eigenvalue weighted by atomic mass is 9.85. The number of piperidine rings is 1. The highest BCUT2D eigenvalue weighted by Crippen LogP contribution is 2.41. The zero-order valence-electron chi connectivity index (χ0n) is 16.1. The van der Waals surface area contributed by atoms with Crippen molar-refractivity contribution >= 4 is 11.9 Å². The molecule has 0 aromatic heterocycles. The van der Waals surface area contributed by atoms with Crippen LogP contribution in [0.3, 0.4) is 0 Å². The molecule has 1 amide bonds. The van der Waals surface area contributed by atoms with Crippen LogP contribution in [0.2, 0.25) is 0 Å². The van der Waals surface area contributed by atoms with E-state index >= 15 is 0 Å². The molecule has 2 saturated heterocycles. The number of amides is 1. The van der Waals surface area contributed by atoms with Gasteiger partial charge in [0.05, 0.1) is 7.11 Å². The van der Waals surface area contributed by atoms with Gasteiger partial charge in [-0.3, -0.25) is 4.79 Å². The zero-order valence-corrected chi connectivity index (χ0v) is 16.1. The number of ketones is 1. The fourth-order valence-electron chi connectivity index (χ4n) is 4.14. The third-order valence-corrected chi connectivity index (χ3v) is 5.20. The summed E-state index contributed by atoms with van der Waals surface area (Å²) in [6, 6.07) is 1.87. The van der Waals surface area contributed by atoms with Gasteiger partial charge in [-0.1, -0.05) is 0 Å². The molecule has 0 spiro atoms. The molecule has 2 aliphatic heterocycles. The maximum absolute atomic E-state index is 13.9. The van der Waals surface area contributed by atoms with Gasteiger partial charge in [-0.25, -0.2) is 13.6 Å². The molecule has 2 aliphatic rings. The molecule has 7 heteroatoms. The number of hydrogen-bond donors (Lipinski definition) is 0. The molecule has 2 atom stereocenters. The van der Waals surface area contributed by atoms with Crippen molar-refractivity contribution in [2.24, 2.45) is 5.92 Å². The van der Waals surface area contributed by atoms with E-state index in [-0.39, 0.29) is 35.4 Å². The van der Waals surface area contributed by atoms with Gasteiger partial charge in [-0.15, -0.1) is 0 Å². The predicted octanol–water partition coefficient (Wildman–Crippen LogP) is 4.33. The van der Waals surface area contributed by atoms with Crippen LogP contribution in [0.25, 0.3) is 0 Å². The van der Waals surface area contributed by atoms with E-state index in [0.29, 0.717) is 12.8 Å². The zero-order chi connectivity index (χ0) is 19.9. The predicted molar refractivity (Wildman–Crippen MR) is 94.8 cm³/mol. The van der Waals surface area contributed by atoms with Crippen LogP contribution in [0.15, 0.2) is 12.1 Å². The number of nitrogens with zero attached hydrogens (tertiary/aromatic N) is 1. The molecule has 0 aliphatic carbocycles. The molecule has 27 heavy (non-hydrogen) atoms. The summed E-state index contributed by atoms with van der Waals surface area (Å²) in [5.74, 6) is -2.94. The van der Waals surface area contributed by atoms with Gasteiger partial charge in [0.15, 0.2) is 23.2 Å². The van der Waals surface area contributed by atoms with Crippen LogP contribution in [-0.4, -0.2) is 41.6 Å². The molecule has 1 aromatic rings. The highest BCUT2D eigenvalue weighted by Gasteiger charge is 2.46. The first-order valence-corrected chi connectivity index (χ1v) is 9.19. The largest absolute Gasteiger partial charge is 0.491 e. The Morgan fingerprint density at radius 2 is 1.59 bits per heavy atom. The fourth-order valence-corrected chi connectivity index (χ4v) is 4.14. The van der Waals surface area contributed by atoms with E-state index < -0.39 is 23.0 Å². The molecule has 3 rings (SSSR count). The molecule has 5 nitrogen and oxygen atoms in total. The molecule has 2 heterocycles. The summed E-state index contributed by atoms with van der Waals surface area (Å²) >= 11 is 0. The topological polar surface area (TPSA) is 55.8 Å². The quantitative estimate of drug-likeness (QED) is 0.731. The van der Waals surface area contributed by atoms with Crippen molar-refractivity contribution in [3.05, 3.63) is 29.3 Å². The maximum atomic E-state index is 13.9. The summed E-state index contributed by atoms with van der Waals surface area (Å²) in [6.07, 6.45) is 2.20. The van der Waals surface area contributed by atoms with Gasteiger partial charge < -0.3 is 14.4 Å². The third-order valence-electron chi connectivity index (χ3n) is 5.20. The van der Waals surface area contributed by atoms with E-state index in [1.54, 1.807) is 4.90 Å². The van der Waals surface area contributed by atoms with E-state index in [0.717, 1.165) is 25.0 Å². The number of Topliss-reactive ketones (excluding diaryl/α,β-unsaturated/α-hetero) is 1. The first kappa shape index (κ1) is 19.6. The number of hydrogen-bond acceptors (Lipinski definition) is 4. The lowest BCUT2D eigenvalue weighted by molar-refractivity contribution is 0.00254. The molecule has 1 aromatic carbocycles. The van der Waals surface area contributed by atoms with E-state index in [1.807, 2.05) is 20.8 Å². The lowest BCUT2D eigenvalue weighted by Gasteiger charge is -2.39. The van der Waals surface area contributed by atoms with E-state index in [4.69, 9.17) is 4.74 Å². The van der Waals surface area contributed by atoms with Crippen LogP contribution >= 0.6 is 0 Å².